The summed E-state index contributed by atoms with van der Waals surface area (Å²) in [6.07, 6.45) is 4.16. The van der Waals surface area contributed by atoms with E-state index in [1.54, 1.807) is 24.3 Å². The van der Waals surface area contributed by atoms with Crippen molar-refractivity contribution in [2.75, 3.05) is 18.0 Å². The van der Waals surface area contributed by atoms with Crippen molar-refractivity contribution in [1.82, 2.24) is 10.2 Å². The normalized spacial score (nSPS) is 13.9. The summed E-state index contributed by atoms with van der Waals surface area (Å²) in [4.78, 5) is 30.3. The van der Waals surface area contributed by atoms with E-state index >= 15 is 0 Å². The van der Waals surface area contributed by atoms with E-state index < -0.39 is 28.5 Å². The highest BCUT2D eigenvalue weighted by Gasteiger charge is 2.35. The standard InChI is InChI=1S/C37H40BrN3O5S/c1-27-12-18-32(19-13-27)41(47(44,45)34-22-20-33(46-2)21-23-34)26-36(42)40(25-29-14-16-30(38)17-15-29)35(24-28-8-4-3-5-9-28)37(43)39-31-10-6-7-11-31/h3-5,8-9,12-23,31,35H,6-7,10-11,24-26H2,1-2H3,(H,39,43)/t35-/m0/s1. The molecule has 10 heteroatoms. The molecule has 0 heterocycles. The maximum atomic E-state index is 14.6. The van der Waals surface area contributed by atoms with Gasteiger partial charge in [-0.2, -0.15) is 0 Å². The van der Waals surface area contributed by atoms with E-state index in [-0.39, 0.29) is 29.8 Å². The molecule has 1 N–H and O–H groups in total. The average Bonchev–Trinajstić information content (AvgIpc) is 3.60. The number of benzene rings is 4. The van der Waals surface area contributed by atoms with Gasteiger partial charge in [-0.3, -0.25) is 13.9 Å². The number of carbonyl (C=O) groups is 2. The van der Waals surface area contributed by atoms with Gasteiger partial charge in [-0.05, 0) is 79.4 Å². The number of halogens is 1. The van der Waals surface area contributed by atoms with Crippen LogP contribution in [0.4, 0.5) is 5.69 Å². The Hall–Kier alpha value is -4.15. The van der Waals surface area contributed by atoms with Crippen LogP contribution in [0.2, 0.25) is 0 Å². The van der Waals surface area contributed by atoms with Crippen LogP contribution in [-0.2, 0) is 32.6 Å². The summed E-state index contributed by atoms with van der Waals surface area (Å²) in [5.74, 6) is -0.223. The second-order valence-electron chi connectivity index (χ2n) is 11.9. The first-order valence-electron chi connectivity index (χ1n) is 15.8. The molecule has 8 nitrogen and oxygen atoms in total. The third-order valence-electron chi connectivity index (χ3n) is 8.49. The molecule has 2 amide bonds. The fourth-order valence-corrected chi connectivity index (χ4v) is 7.50. The van der Waals surface area contributed by atoms with Gasteiger partial charge >= 0.3 is 0 Å². The van der Waals surface area contributed by atoms with Gasteiger partial charge in [-0.15, -0.1) is 0 Å². The fraction of sp³-hybridized carbons (Fsp3) is 0.297. The molecule has 1 saturated carbocycles. The second-order valence-corrected chi connectivity index (χ2v) is 14.6. The van der Waals surface area contributed by atoms with E-state index in [0.717, 1.165) is 51.2 Å². The van der Waals surface area contributed by atoms with Crippen molar-refractivity contribution < 1.29 is 22.7 Å². The van der Waals surface area contributed by atoms with E-state index in [9.17, 15) is 18.0 Å². The average molecular weight is 719 g/mol. The molecule has 47 heavy (non-hydrogen) atoms. The minimum absolute atomic E-state index is 0.0194. The van der Waals surface area contributed by atoms with Crippen LogP contribution in [0.1, 0.15) is 42.4 Å². The Morgan fingerprint density at radius 1 is 0.872 bits per heavy atom. The van der Waals surface area contributed by atoms with Gasteiger partial charge in [0.05, 0.1) is 17.7 Å². The van der Waals surface area contributed by atoms with E-state index in [0.29, 0.717) is 11.4 Å². The topological polar surface area (TPSA) is 96.0 Å². The van der Waals surface area contributed by atoms with Gasteiger partial charge in [0.1, 0.15) is 18.3 Å². The Morgan fingerprint density at radius 2 is 1.51 bits per heavy atom. The number of hydrogen-bond acceptors (Lipinski definition) is 5. The zero-order valence-electron chi connectivity index (χ0n) is 26.6. The monoisotopic (exact) mass is 717 g/mol. The quantitative estimate of drug-likeness (QED) is 0.167. The van der Waals surface area contributed by atoms with Crippen LogP contribution in [0.25, 0.3) is 0 Å². The number of carbonyl (C=O) groups excluding carboxylic acids is 2. The summed E-state index contributed by atoms with van der Waals surface area (Å²) in [6.45, 7) is 1.52. The molecule has 0 bridgehead atoms. The van der Waals surface area contributed by atoms with Crippen molar-refractivity contribution >= 4 is 43.5 Å². The van der Waals surface area contributed by atoms with Gasteiger partial charge in [0, 0.05) is 23.5 Å². The Labute approximate surface area is 285 Å². The maximum absolute atomic E-state index is 14.6. The molecule has 1 atom stereocenters. The van der Waals surface area contributed by atoms with Crippen LogP contribution in [-0.4, -0.2) is 50.9 Å². The van der Waals surface area contributed by atoms with E-state index in [1.807, 2.05) is 73.7 Å². The van der Waals surface area contributed by atoms with Gasteiger partial charge in [0.25, 0.3) is 10.0 Å². The minimum Gasteiger partial charge on any atom is -0.497 e. The number of aryl methyl sites for hydroxylation is 1. The molecule has 5 rings (SSSR count). The summed E-state index contributed by atoms with van der Waals surface area (Å²) in [7, 11) is -2.69. The van der Waals surface area contributed by atoms with Crippen molar-refractivity contribution in [3.05, 3.63) is 124 Å². The van der Waals surface area contributed by atoms with Crippen molar-refractivity contribution in [3.8, 4) is 5.75 Å². The first-order chi connectivity index (χ1) is 22.6. The summed E-state index contributed by atoms with van der Waals surface area (Å²) in [5.41, 5.74) is 3.01. The largest absolute Gasteiger partial charge is 0.497 e. The number of nitrogens with zero attached hydrogens (tertiary/aromatic N) is 2. The number of nitrogens with one attached hydrogen (secondary N) is 1. The molecule has 1 aliphatic rings. The third-order valence-corrected chi connectivity index (χ3v) is 10.8. The minimum atomic E-state index is -4.20. The van der Waals surface area contributed by atoms with Crippen LogP contribution < -0.4 is 14.4 Å². The summed E-state index contributed by atoms with van der Waals surface area (Å²) >= 11 is 3.48. The molecule has 1 aliphatic carbocycles. The highest BCUT2D eigenvalue weighted by atomic mass is 79.9. The first kappa shape index (κ1) is 34.2. The lowest BCUT2D eigenvalue weighted by atomic mass is 10.0. The predicted molar refractivity (Wildman–Crippen MR) is 188 cm³/mol. The third kappa shape index (κ3) is 8.81. The molecule has 1 fully saturated rings. The van der Waals surface area contributed by atoms with Crippen LogP contribution in [0.3, 0.4) is 0 Å². The molecule has 0 aliphatic heterocycles. The van der Waals surface area contributed by atoms with E-state index in [2.05, 4.69) is 21.2 Å². The lowest BCUT2D eigenvalue weighted by Gasteiger charge is -2.34. The molecule has 0 unspecified atom stereocenters. The molecule has 0 spiro atoms. The number of anilines is 1. The maximum Gasteiger partial charge on any atom is 0.264 e. The number of sulfonamides is 1. The van der Waals surface area contributed by atoms with Crippen molar-refractivity contribution in [1.29, 1.82) is 0 Å². The highest BCUT2D eigenvalue weighted by Crippen LogP contribution is 2.27. The molecule has 0 saturated heterocycles. The lowest BCUT2D eigenvalue weighted by Crippen LogP contribution is -2.54. The Bertz CT molecular complexity index is 1740. The predicted octanol–water partition coefficient (Wildman–Crippen LogP) is 6.66. The first-order valence-corrected chi connectivity index (χ1v) is 18.0. The lowest BCUT2D eigenvalue weighted by molar-refractivity contribution is -0.140. The van der Waals surface area contributed by atoms with Crippen molar-refractivity contribution in [2.24, 2.45) is 0 Å². The summed E-state index contributed by atoms with van der Waals surface area (Å²) in [6, 6.07) is 29.4. The highest BCUT2D eigenvalue weighted by molar-refractivity contribution is 9.10. The Morgan fingerprint density at radius 3 is 2.13 bits per heavy atom. The van der Waals surface area contributed by atoms with Gasteiger partial charge in [-0.25, -0.2) is 8.42 Å². The zero-order chi connectivity index (χ0) is 33.4. The molecule has 4 aromatic rings. The number of rotatable bonds is 13. The summed E-state index contributed by atoms with van der Waals surface area (Å²) < 4.78 is 35.7. The van der Waals surface area contributed by atoms with Crippen molar-refractivity contribution in [3.63, 3.8) is 0 Å². The van der Waals surface area contributed by atoms with E-state index in [1.165, 1.54) is 24.1 Å². The zero-order valence-corrected chi connectivity index (χ0v) is 29.0. The summed E-state index contributed by atoms with van der Waals surface area (Å²) in [5, 5.41) is 3.20. The van der Waals surface area contributed by atoms with Gasteiger partial charge in [0.15, 0.2) is 0 Å². The number of hydrogen-bond donors (Lipinski definition) is 1. The smallest absolute Gasteiger partial charge is 0.264 e. The molecule has 4 aromatic carbocycles. The molecule has 246 valence electrons. The Kier molecular flexibility index (Phi) is 11.4. The van der Waals surface area contributed by atoms with Gasteiger partial charge in [-0.1, -0.05) is 88.9 Å². The van der Waals surface area contributed by atoms with Gasteiger partial charge < -0.3 is 15.0 Å². The van der Waals surface area contributed by atoms with Crippen LogP contribution in [0.5, 0.6) is 5.75 Å². The van der Waals surface area contributed by atoms with Crippen LogP contribution in [0.15, 0.2) is 112 Å². The SMILES string of the molecule is COc1ccc(S(=O)(=O)N(CC(=O)N(Cc2ccc(Br)cc2)[C@@H](Cc2ccccc2)C(=O)NC2CCCC2)c2ccc(C)cc2)cc1. The molecule has 0 aromatic heterocycles. The molecule has 0 radical (unpaired) electrons. The number of methoxy groups -OCH3 is 1. The van der Waals surface area contributed by atoms with Gasteiger partial charge in [0.2, 0.25) is 11.8 Å². The number of amides is 2. The van der Waals surface area contributed by atoms with Crippen LogP contribution in [0, 0.1) is 6.92 Å². The fourth-order valence-electron chi connectivity index (χ4n) is 5.82. The Balaban J connectivity index is 1.55. The van der Waals surface area contributed by atoms with Crippen molar-refractivity contribution in [2.45, 2.75) is 62.6 Å². The second kappa shape index (κ2) is 15.6. The number of ether oxygens (including phenoxy) is 1. The molecular weight excluding hydrogens is 678 g/mol. The van der Waals surface area contributed by atoms with E-state index in [4.69, 9.17) is 4.74 Å². The molecular formula is C37H40BrN3O5S. The van der Waals surface area contributed by atoms with Crippen LogP contribution >= 0.6 is 15.9 Å².